The molecule has 2 aliphatic rings. The molecule has 3 N–H and O–H groups in total. The van der Waals surface area contributed by atoms with Crippen LogP contribution in [0.4, 0.5) is 4.79 Å². The minimum atomic E-state index is -0.186. The highest BCUT2D eigenvalue weighted by atomic mass is 16.3. The van der Waals surface area contributed by atoms with Crippen molar-refractivity contribution >= 4 is 6.03 Å². The predicted octanol–water partition coefficient (Wildman–Crippen LogP) is 2.64. The van der Waals surface area contributed by atoms with Crippen LogP contribution < -0.4 is 10.6 Å². The molecule has 1 saturated carbocycles. The molecule has 4 nitrogen and oxygen atoms in total. The third kappa shape index (κ3) is 4.25. The monoisotopic (exact) mass is 316 g/mol. The van der Waals surface area contributed by atoms with Gasteiger partial charge in [-0.05, 0) is 54.6 Å². The Morgan fingerprint density at radius 3 is 2.57 bits per heavy atom. The maximum atomic E-state index is 12.1. The number of amides is 2. The fourth-order valence-corrected chi connectivity index (χ4v) is 4.05. The summed E-state index contributed by atoms with van der Waals surface area (Å²) in [4.78, 5) is 12.1. The first-order chi connectivity index (χ1) is 11.0. The van der Waals surface area contributed by atoms with E-state index in [2.05, 4.69) is 41.8 Å². The third-order valence-corrected chi connectivity index (χ3v) is 5.33. The molecule has 0 aliphatic heterocycles. The van der Waals surface area contributed by atoms with Gasteiger partial charge in [0.15, 0.2) is 0 Å². The first kappa shape index (κ1) is 16.3. The van der Waals surface area contributed by atoms with Crippen LogP contribution in [0.5, 0.6) is 0 Å². The summed E-state index contributed by atoms with van der Waals surface area (Å²) in [7, 11) is 0. The number of carbonyl (C=O) groups is 1. The molecule has 0 unspecified atom stereocenters. The quantitative estimate of drug-likeness (QED) is 0.800. The van der Waals surface area contributed by atoms with E-state index < -0.39 is 0 Å². The minimum Gasteiger partial charge on any atom is -0.393 e. The van der Waals surface area contributed by atoms with Crippen LogP contribution in [0.25, 0.3) is 0 Å². The van der Waals surface area contributed by atoms with Crippen LogP contribution in [0.2, 0.25) is 0 Å². The Morgan fingerprint density at radius 1 is 1.22 bits per heavy atom. The van der Waals surface area contributed by atoms with Crippen molar-refractivity contribution in [3.63, 3.8) is 0 Å². The van der Waals surface area contributed by atoms with Gasteiger partial charge in [-0.25, -0.2) is 4.79 Å². The van der Waals surface area contributed by atoms with E-state index in [0.717, 1.165) is 38.5 Å². The summed E-state index contributed by atoms with van der Waals surface area (Å²) >= 11 is 0. The van der Waals surface area contributed by atoms with Crippen LogP contribution in [0.15, 0.2) is 24.3 Å². The molecule has 2 aliphatic carbocycles. The molecule has 0 radical (unpaired) electrons. The lowest BCUT2D eigenvalue weighted by molar-refractivity contribution is 0.101. The first-order valence-electron chi connectivity index (χ1n) is 8.81. The van der Waals surface area contributed by atoms with Crippen molar-refractivity contribution in [3.8, 4) is 0 Å². The lowest BCUT2D eigenvalue weighted by Gasteiger charge is -2.27. The average Bonchev–Trinajstić information content (AvgIpc) is 2.88. The number of carbonyl (C=O) groups excluding carboxylic acids is 1. The number of urea groups is 1. The Labute approximate surface area is 138 Å². The molecule has 126 valence electrons. The highest BCUT2D eigenvalue weighted by molar-refractivity contribution is 5.73. The van der Waals surface area contributed by atoms with Gasteiger partial charge in [-0.1, -0.05) is 37.6 Å². The molecule has 0 aromatic heterocycles. The van der Waals surface area contributed by atoms with Gasteiger partial charge < -0.3 is 15.7 Å². The zero-order valence-electron chi connectivity index (χ0n) is 14.0. The zero-order valence-corrected chi connectivity index (χ0v) is 14.0. The fourth-order valence-electron chi connectivity index (χ4n) is 4.05. The molecule has 1 aromatic rings. The number of aliphatic hydroxyl groups is 1. The van der Waals surface area contributed by atoms with Crippen molar-refractivity contribution in [1.82, 2.24) is 10.6 Å². The van der Waals surface area contributed by atoms with Crippen molar-refractivity contribution < 1.29 is 9.90 Å². The van der Waals surface area contributed by atoms with Crippen molar-refractivity contribution in [2.45, 2.75) is 51.6 Å². The van der Waals surface area contributed by atoms with E-state index in [1.807, 2.05) is 0 Å². The molecule has 0 spiro atoms. The highest BCUT2D eigenvalue weighted by Crippen LogP contribution is 2.35. The van der Waals surface area contributed by atoms with Gasteiger partial charge in [-0.15, -0.1) is 0 Å². The van der Waals surface area contributed by atoms with Gasteiger partial charge >= 0.3 is 6.03 Å². The smallest absolute Gasteiger partial charge is 0.314 e. The molecule has 23 heavy (non-hydrogen) atoms. The Kier molecular flexibility index (Phi) is 4.90. The number of hydrogen-bond donors (Lipinski definition) is 3. The Morgan fingerprint density at radius 2 is 1.91 bits per heavy atom. The third-order valence-electron chi connectivity index (χ3n) is 5.33. The SMILES string of the molecule is CC1(CNC(=O)NC[C@H]2CCC[C@@H](O)C2)Cc2ccccc2C1. The molecule has 3 rings (SSSR count). The maximum absolute atomic E-state index is 12.1. The van der Waals surface area contributed by atoms with Gasteiger partial charge in [0.2, 0.25) is 0 Å². The standard InChI is InChI=1S/C19H28N2O2/c1-19(10-15-6-2-3-7-16(15)11-19)13-21-18(23)20-12-14-5-4-8-17(22)9-14/h2-3,6-7,14,17,22H,4-5,8-13H2,1H3,(H2,20,21,23)/t14-,17+/m0/s1. The van der Waals surface area contributed by atoms with Gasteiger partial charge in [0.05, 0.1) is 6.10 Å². The molecular weight excluding hydrogens is 288 g/mol. The molecule has 1 aromatic carbocycles. The molecular formula is C19H28N2O2. The lowest BCUT2D eigenvalue weighted by Crippen LogP contribution is -2.44. The fraction of sp³-hybridized carbons (Fsp3) is 0.632. The molecule has 2 amide bonds. The molecule has 1 fully saturated rings. The van der Waals surface area contributed by atoms with Crippen LogP contribution >= 0.6 is 0 Å². The lowest BCUT2D eigenvalue weighted by atomic mass is 9.87. The highest BCUT2D eigenvalue weighted by Gasteiger charge is 2.32. The first-order valence-corrected chi connectivity index (χ1v) is 8.81. The largest absolute Gasteiger partial charge is 0.393 e. The maximum Gasteiger partial charge on any atom is 0.314 e. The summed E-state index contributed by atoms with van der Waals surface area (Å²) in [6.45, 7) is 3.60. The van der Waals surface area contributed by atoms with Gasteiger partial charge in [0.1, 0.15) is 0 Å². The number of fused-ring (bicyclic) bond motifs is 1. The number of nitrogens with one attached hydrogen (secondary N) is 2. The van der Waals surface area contributed by atoms with Crippen LogP contribution in [0.3, 0.4) is 0 Å². The van der Waals surface area contributed by atoms with E-state index in [1.54, 1.807) is 0 Å². The van der Waals surface area contributed by atoms with Crippen molar-refractivity contribution in [1.29, 1.82) is 0 Å². The average molecular weight is 316 g/mol. The summed E-state index contributed by atoms with van der Waals surface area (Å²) in [5, 5.41) is 15.7. The van der Waals surface area contributed by atoms with Crippen molar-refractivity contribution in [2.24, 2.45) is 11.3 Å². The van der Waals surface area contributed by atoms with E-state index in [4.69, 9.17) is 0 Å². The molecule has 0 saturated heterocycles. The van der Waals surface area contributed by atoms with E-state index >= 15 is 0 Å². The van der Waals surface area contributed by atoms with Gasteiger partial charge in [0, 0.05) is 13.1 Å². The summed E-state index contributed by atoms with van der Waals surface area (Å²) in [6, 6.07) is 8.47. The van der Waals surface area contributed by atoms with E-state index in [9.17, 15) is 9.90 Å². The van der Waals surface area contributed by atoms with Crippen LogP contribution in [-0.4, -0.2) is 30.3 Å². The molecule has 0 bridgehead atoms. The Balaban J connectivity index is 1.41. The number of hydrogen-bond acceptors (Lipinski definition) is 2. The summed E-state index contributed by atoms with van der Waals surface area (Å²) in [6.07, 6.45) is 5.75. The normalized spacial score (nSPS) is 25.7. The van der Waals surface area contributed by atoms with Crippen LogP contribution in [-0.2, 0) is 12.8 Å². The summed E-state index contributed by atoms with van der Waals surface area (Å²) in [5.41, 5.74) is 2.93. The van der Waals surface area contributed by atoms with E-state index in [-0.39, 0.29) is 17.6 Å². The topological polar surface area (TPSA) is 61.4 Å². The number of benzene rings is 1. The van der Waals surface area contributed by atoms with Gasteiger partial charge in [0.25, 0.3) is 0 Å². The second-order valence-electron chi connectivity index (χ2n) is 7.68. The molecule has 0 heterocycles. The second kappa shape index (κ2) is 6.91. The van der Waals surface area contributed by atoms with E-state index in [1.165, 1.54) is 11.1 Å². The van der Waals surface area contributed by atoms with Gasteiger partial charge in [-0.2, -0.15) is 0 Å². The molecule has 4 heteroatoms. The van der Waals surface area contributed by atoms with Crippen molar-refractivity contribution in [2.75, 3.05) is 13.1 Å². The van der Waals surface area contributed by atoms with Crippen LogP contribution in [0, 0.1) is 11.3 Å². The van der Waals surface area contributed by atoms with Crippen molar-refractivity contribution in [3.05, 3.63) is 35.4 Å². The number of aliphatic hydroxyl groups excluding tert-OH is 1. The zero-order chi connectivity index (χ0) is 16.3. The summed E-state index contributed by atoms with van der Waals surface area (Å²) < 4.78 is 0. The molecule has 2 atom stereocenters. The van der Waals surface area contributed by atoms with Crippen LogP contribution in [0.1, 0.15) is 43.7 Å². The summed E-state index contributed by atoms with van der Waals surface area (Å²) in [5.74, 6) is 0.413. The predicted molar refractivity (Wildman–Crippen MR) is 91.3 cm³/mol. The van der Waals surface area contributed by atoms with Gasteiger partial charge in [-0.3, -0.25) is 0 Å². The Hall–Kier alpha value is -1.55. The second-order valence-corrected chi connectivity index (χ2v) is 7.68. The minimum absolute atomic E-state index is 0.0813. The Bertz CT molecular complexity index is 533. The number of rotatable bonds is 4. The van der Waals surface area contributed by atoms with E-state index in [0.29, 0.717) is 19.0 Å².